The molecule has 84 valence electrons. The van der Waals surface area contributed by atoms with Crippen LogP contribution in [0.15, 0.2) is 39.2 Å². The minimum Gasteiger partial charge on any atom is -0.460 e. The first-order chi connectivity index (χ1) is 7.70. The van der Waals surface area contributed by atoms with Crippen molar-refractivity contribution in [1.82, 2.24) is 5.32 Å². The van der Waals surface area contributed by atoms with Crippen molar-refractivity contribution in [3.63, 3.8) is 0 Å². The van der Waals surface area contributed by atoms with Crippen LogP contribution in [0.25, 0.3) is 11.3 Å². The van der Waals surface area contributed by atoms with Crippen LogP contribution >= 0.6 is 15.9 Å². The predicted molar refractivity (Wildman–Crippen MR) is 69.3 cm³/mol. The zero-order chi connectivity index (χ0) is 11.5. The fraction of sp³-hybridized carbons (Fsp3) is 0.231. The van der Waals surface area contributed by atoms with Gasteiger partial charge in [0, 0.05) is 10.0 Å². The van der Waals surface area contributed by atoms with Crippen LogP contribution in [0.2, 0.25) is 0 Å². The number of halogens is 1. The summed E-state index contributed by atoms with van der Waals surface area (Å²) >= 11 is 3.48. The van der Waals surface area contributed by atoms with Gasteiger partial charge in [-0.1, -0.05) is 22.0 Å². The third-order valence-corrected chi connectivity index (χ3v) is 2.97. The molecule has 2 aromatic rings. The van der Waals surface area contributed by atoms with Gasteiger partial charge in [0.15, 0.2) is 0 Å². The van der Waals surface area contributed by atoms with Gasteiger partial charge in [-0.15, -0.1) is 0 Å². The largest absolute Gasteiger partial charge is 0.460 e. The van der Waals surface area contributed by atoms with Gasteiger partial charge in [0.1, 0.15) is 11.5 Å². The Morgan fingerprint density at radius 1 is 1.25 bits per heavy atom. The van der Waals surface area contributed by atoms with Crippen molar-refractivity contribution in [2.75, 3.05) is 7.05 Å². The first-order valence-electron chi connectivity index (χ1n) is 5.20. The van der Waals surface area contributed by atoms with Crippen LogP contribution in [0.4, 0.5) is 0 Å². The molecule has 1 heterocycles. The Balaban J connectivity index is 2.38. The number of hydrogen-bond donors (Lipinski definition) is 1. The highest BCUT2D eigenvalue weighted by atomic mass is 79.9. The highest BCUT2D eigenvalue weighted by Crippen LogP contribution is 2.28. The van der Waals surface area contributed by atoms with Crippen molar-refractivity contribution in [2.24, 2.45) is 0 Å². The normalized spacial score (nSPS) is 10.7. The lowest BCUT2D eigenvalue weighted by Gasteiger charge is -2.03. The van der Waals surface area contributed by atoms with Gasteiger partial charge in [0.05, 0.1) is 6.54 Å². The van der Waals surface area contributed by atoms with E-state index >= 15 is 0 Å². The Hall–Kier alpha value is -1.06. The SMILES string of the molecule is CNCc1ccc(-c2cc(Br)ccc2C)o1. The molecule has 0 aliphatic heterocycles. The fourth-order valence-electron chi connectivity index (χ4n) is 1.65. The van der Waals surface area contributed by atoms with E-state index in [0.717, 1.165) is 28.1 Å². The van der Waals surface area contributed by atoms with Gasteiger partial charge in [0.2, 0.25) is 0 Å². The van der Waals surface area contributed by atoms with E-state index in [9.17, 15) is 0 Å². The van der Waals surface area contributed by atoms with Gasteiger partial charge < -0.3 is 9.73 Å². The van der Waals surface area contributed by atoms with Crippen LogP contribution < -0.4 is 5.32 Å². The standard InChI is InChI=1S/C13H14BrNO/c1-9-3-4-10(14)7-12(9)13-6-5-11(16-13)8-15-2/h3-7,15H,8H2,1-2H3. The maximum Gasteiger partial charge on any atom is 0.134 e. The first-order valence-corrected chi connectivity index (χ1v) is 6.00. The van der Waals surface area contributed by atoms with Crippen LogP contribution in [0.3, 0.4) is 0 Å². The second-order valence-corrected chi connectivity index (χ2v) is 4.67. The summed E-state index contributed by atoms with van der Waals surface area (Å²) < 4.78 is 6.83. The molecule has 2 rings (SSSR count). The minimum atomic E-state index is 0.757. The highest BCUT2D eigenvalue weighted by Gasteiger charge is 2.07. The lowest BCUT2D eigenvalue weighted by Crippen LogP contribution is -2.03. The molecule has 1 aromatic carbocycles. The molecule has 0 spiro atoms. The zero-order valence-electron chi connectivity index (χ0n) is 9.38. The summed E-state index contributed by atoms with van der Waals surface area (Å²) in [5.41, 5.74) is 2.35. The zero-order valence-corrected chi connectivity index (χ0v) is 11.0. The van der Waals surface area contributed by atoms with E-state index in [-0.39, 0.29) is 0 Å². The fourth-order valence-corrected chi connectivity index (χ4v) is 2.01. The number of furan rings is 1. The van der Waals surface area contributed by atoms with Crippen LogP contribution in [-0.2, 0) is 6.54 Å². The average Bonchev–Trinajstić information content (AvgIpc) is 2.71. The molecule has 0 saturated heterocycles. The molecule has 0 fully saturated rings. The molecule has 1 N–H and O–H groups in total. The molecule has 0 amide bonds. The molecule has 0 radical (unpaired) electrons. The molecular weight excluding hydrogens is 266 g/mol. The Morgan fingerprint density at radius 3 is 2.81 bits per heavy atom. The van der Waals surface area contributed by atoms with E-state index in [1.54, 1.807) is 0 Å². The molecule has 3 heteroatoms. The van der Waals surface area contributed by atoms with Crippen molar-refractivity contribution in [3.05, 3.63) is 46.1 Å². The molecule has 0 aliphatic rings. The first kappa shape index (κ1) is 11.4. The van der Waals surface area contributed by atoms with Crippen LogP contribution in [0.5, 0.6) is 0 Å². The number of aryl methyl sites for hydroxylation is 1. The second kappa shape index (κ2) is 4.85. The summed E-state index contributed by atoms with van der Waals surface area (Å²) in [7, 11) is 1.91. The number of hydrogen-bond acceptors (Lipinski definition) is 2. The summed E-state index contributed by atoms with van der Waals surface area (Å²) in [6.45, 7) is 2.84. The monoisotopic (exact) mass is 279 g/mol. The number of nitrogens with one attached hydrogen (secondary N) is 1. The molecule has 0 bridgehead atoms. The smallest absolute Gasteiger partial charge is 0.134 e. The van der Waals surface area contributed by atoms with Crippen molar-refractivity contribution in [1.29, 1.82) is 0 Å². The van der Waals surface area contributed by atoms with Crippen LogP contribution in [-0.4, -0.2) is 7.05 Å². The number of benzene rings is 1. The van der Waals surface area contributed by atoms with E-state index < -0.39 is 0 Å². The third kappa shape index (κ3) is 2.36. The maximum atomic E-state index is 5.76. The topological polar surface area (TPSA) is 25.2 Å². The van der Waals surface area contributed by atoms with Crippen molar-refractivity contribution in [2.45, 2.75) is 13.5 Å². The molecule has 0 atom stereocenters. The van der Waals surface area contributed by atoms with Gasteiger partial charge in [-0.25, -0.2) is 0 Å². The predicted octanol–water partition coefficient (Wildman–Crippen LogP) is 3.74. The van der Waals surface area contributed by atoms with Crippen molar-refractivity contribution >= 4 is 15.9 Å². The second-order valence-electron chi connectivity index (χ2n) is 3.76. The van der Waals surface area contributed by atoms with E-state index in [4.69, 9.17) is 4.42 Å². The molecular formula is C13H14BrNO. The Bertz CT molecular complexity index is 490. The summed E-state index contributed by atoms with van der Waals surface area (Å²) in [5, 5.41) is 3.07. The maximum absolute atomic E-state index is 5.76. The van der Waals surface area contributed by atoms with Crippen molar-refractivity contribution < 1.29 is 4.42 Å². The molecule has 1 aromatic heterocycles. The summed E-state index contributed by atoms with van der Waals surface area (Å²) in [5.74, 6) is 1.88. The summed E-state index contributed by atoms with van der Waals surface area (Å²) in [4.78, 5) is 0. The number of rotatable bonds is 3. The van der Waals surface area contributed by atoms with Gasteiger partial charge in [-0.2, -0.15) is 0 Å². The lowest BCUT2D eigenvalue weighted by molar-refractivity contribution is 0.507. The van der Waals surface area contributed by atoms with Crippen LogP contribution in [0.1, 0.15) is 11.3 Å². The molecule has 2 nitrogen and oxygen atoms in total. The Kier molecular flexibility index (Phi) is 3.46. The van der Waals surface area contributed by atoms with E-state index in [1.165, 1.54) is 5.56 Å². The molecule has 0 aliphatic carbocycles. The quantitative estimate of drug-likeness (QED) is 0.926. The molecule has 0 unspecified atom stereocenters. The summed E-state index contributed by atoms with van der Waals surface area (Å²) in [6.07, 6.45) is 0. The van der Waals surface area contributed by atoms with Gasteiger partial charge in [-0.3, -0.25) is 0 Å². The van der Waals surface area contributed by atoms with E-state index in [2.05, 4.69) is 40.3 Å². The van der Waals surface area contributed by atoms with Crippen LogP contribution in [0, 0.1) is 6.92 Å². The van der Waals surface area contributed by atoms with Crippen molar-refractivity contribution in [3.8, 4) is 11.3 Å². The molecule has 0 saturated carbocycles. The van der Waals surface area contributed by atoms with Gasteiger partial charge in [-0.05, 0) is 43.8 Å². The lowest BCUT2D eigenvalue weighted by atomic mass is 10.1. The van der Waals surface area contributed by atoms with Gasteiger partial charge >= 0.3 is 0 Å². The van der Waals surface area contributed by atoms with E-state index in [1.807, 2.05) is 25.2 Å². The average molecular weight is 280 g/mol. The third-order valence-electron chi connectivity index (χ3n) is 2.48. The summed E-state index contributed by atoms with van der Waals surface area (Å²) in [6, 6.07) is 10.2. The highest BCUT2D eigenvalue weighted by molar-refractivity contribution is 9.10. The molecule has 16 heavy (non-hydrogen) atoms. The van der Waals surface area contributed by atoms with E-state index in [0.29, 0.717) is 0 Å². The minimum absolute atomic E-state index is 0.757. The Morgan fingerprint density at radius 2 is 2.06 bits per heavy atom. The Labute approximate surface area is 104 Å². The van der Waals surface area contributed by atoms with Gasteiger partial charge in [0.25, 0.3) is 0 Å².